The Morgan fingerprint density at radius 2 is 2.12 bits per heavy atom. The Morgan fingerprint density at radius 1 is 1.38 bits per heavy atom. The molecule has 2 heteroatoms. The molecule has 0 aromatic heterocycles. The fourth-order valence-electron chi connectivity index (χ4n) is 2.63. The van der Waals surface area contributed by atoms with E-state index < -0.39 is 0 Å². The molecule has 3 unspecified atom stereocenters. The molecular formula is C14H30N2. The maximum atomic E-state index is 3.86. The third kappa shape index (κ3) is 4.42. The van der Waals surface area contributed by atoms with Gasteiger partial charge in [0.2, 0.25) is 0 Å². The van der Waals surface area contributed by atoms with E-state index in [1.807, 2.05) is 0 Å². The van der Waals surface area contributed by atoms with E-state index in [2.05, 4.69) is 38.0 Å². The Hall–Kier alpha value is -0.0800. The third-order valence-electron chi connectivity index (χ3n) is 4.08. The van der Waals surface area contributed by atoms with Crippen LogP contribution in [0.5, 0.6) is 0 Å². The first kappa shape index (κ1) is 14.0. The van der Waals surface area contributed by atoms with Gasteiger partial charge in [-0.2, -0.15) is 0 Å². The molecule has 96 valence electrons. The lowest BCUT2D eigenvalue weighted by molar-refractivity contribution is 0.160. The Labute approximate surface area is 102 Å². The summed E-state index contributed by atoms with van der Waals surface area (Å²) in [6.45, 7) is 8.19. The van der Waals surface area contributed by atoms with Crippen molar-refractivity contribution in [2.45, 2.75) is 77.4 Å². The summed E-state index contributed by atoms with van der Waals surface area (Å²) in [7, 11) is 2.25. The van der Waals surface area contributed by atoms with Crippen LogP contribution in [0.1, 0.15) is 59.3 Å². The number of hydrogen-bond acceptors (Lipinski definition) is 2. The van der Waals surface area contributed by atoms with Crippen molar-refractivity contribution in [3.63, 3.8) is 0 Å². The second kappa shape index (κ2) is 7.29. The van der Waals surface area contributed by atoms with Crippen molar-refractivity contribution in [2.24, 2.45) is 0 Å². The molecule has 16 heavy (non-hydrogen) atoms. The van der Waals surface area contributed by atoms with Gasteiger partial charge in [0.05, 0.1) is 0 Å². The zero-order chi connectivity index (χ0) is 12.0. The fraction of sp³-hybridized carbons (Fsp3) is 1.00. The standard InChI is InChI=1S/C14H30N2/c1-5-7-8-13(6-2)15-14-9-10-16(4)12(3)11-14/h12-15H,5-11H2,1-4H3. The molecule has 0 radical (unpaired) electrons. The maximum Gasteiger partial charge on any atom is 0.00966 e. The van der Waals surface area contributed by atoms with Gasteiger partial charge in [-0.3, -0.25) is 0 Å². The molecular weight excluding hydrogens is 196 g/mol. The zero-order valence-corrected chi connectivity index (χ0v) is 11.6. The molecule has 0 amide bonds. The summed E-state index contributed by atoms with van der Waals surface area (Å²) in [5.74, 6) is 0. The van der Waals surface area contributed by atoms with E-state index in [-0.39, 0.29) is 0 Å². The van der Waals surface area contributed by atoms with E-state index in [9.17, 15) is 0 Å². The van der Waals surface area contributed by atoms with Crippen molar-refractivity contribution in [3.05, 3.63) is 0 Å². The highest BCUT2D eigenvalue weighted by Crippen LogP contribution is 2.17. The Kier molecular flexibility index (Phi) is 6.37. The largest absolute Gasteiger partial charge is 0.311 e. The highest BCUT2D eigenvalue weighted by Gasteiger charge is 2.23. The molecule has 1 aliphatic rings. The summed E-state index contributed by atoms with van der Waals surface area (Å²) in [6, 6.07) is 2.25. The Bertz CT molecular complexity index is 182. The molecule has 0 aliphatic carbocycles. The molecule has 0 saturated carbocycles. The van der Waals surface area contributed by atoms with Gasteiger partial charge in [0.25, 0.3) is 0 Å². The molecule has 0 aromatic rings. The van der Waals surface area contributed by atoms with Gasteiger partial charge in [-0.25, -0.2) is 0 Å². The van der Waals surface area contributed by atoms with Crippen LogP contribution in [0.2, 0.25) is 0 Å². The lowest BCUT2D eigenvalue weighted by Gasteiger charge is -2.37. The molecule has 0 aromatic carbocycles. The minimum atomic E-state index is 0.745. The third-order valence-corrected chi connectivity index (χ3v) is 4.08. The van der Waals surface area contributed by atoms with Gasteiger partial charge >= 0.3 is 0 Å². The van der Waals surface area contributed by atoms with E-state index in [0.29, 0.717) is 0 Å². The molecule has 1 rings (SSSR count). The predicted molar refractivity (Wildman–Crippen MR) is 71.9 cm³/mol. The molecule has 1 aliphatic heterocycles. The molecule has 0 bridgehead atoms. The minimum absolute atomic E-state index is 0.745. The van der Waals surface area contributed by atoms with E-state index in [0.717, 1.165) is 18.1 Å². The summed E-state index contributed by atoms with van der Waals surface area (Å²) < 4.78 is 0. The van der Waals surface area contributed by atoms with Gasteiger partial charge < -0.3 is 10.2 Å². The summed E-state index contributed by atoms with van der Waals surface area (Å²) >= 11 is 0. The Balaban J connectivity index is 2.29. The second-order valence-corrected chi connectivity index (χ2v) is 5.46. The van der Waals surface area contributed by atoms with Gasteiger partial charge in [0.1, 0.15) is 0 Å². The molecule has 3 atom stereocenters. The molecule has 1 fully saturated rings. The summed E-state index contributed by atoms with van der Waals surface area (Å²) in [6.07, 6.45) is 7.96. The van der Waals surface area contributed by atoms with Gasteiger partial charge in [0.15, 0.2) is 0 Å². The van der Waals surface area contributed by atoms with Crippen molar-refractivity contribution in [3.8, 4) is 0 Å². The van der Waals surface area contributed by atoms with E-state index in [1.54, 1.807) is 0 Å². The highest BCUT2D eigenvalue weighted by molar-refractivity contribution is 4.83. The first-order valence-corrected chi connectivity index (χ1v) is 7.13. The number of hydrogen-bond donors (Lipinski definition) is 1. The SMILES string of the molecule is CCCCC(CC)NC1CCN(C)C(C)C1. The fourth-order valence-corrected chi connectivity index (χ4v) is 2.63. The second-order valence-electron chi connectivity index (χ2n) is 5.46. The Morgan fingerprint density at radius 3 is 2.69 bits per heavy atom. The molecule has 2 nitrogen and oxygen atoms in total. The first-order chi connectivity index (χ1) is 7.67. The van der Waals surface area contributed by atoms with Gasteiger partial charge in [-0.15, -0.1) is 0 Å². The number of nitrogens with one attached hydrogen (secondary N) is 1. The van der Waals surface area contributed by atoms with Gasteiger partial charge in [-0.05, 0) is 46.2 Å². The number of piperidine rings is 1. The topological polar surface area (TPSA) is 15.3 Å². The van der Waals surface area contributed by atoms with Crippen LogP contribution >= 0.6 is 0 Å². The summed E-state index contributed by atoms with van der Waals surface area (Å²) in [5.41, 5.74) is 0. The van der Waals surface area contributed by atoms with Crippen LogP contribution in [0, 0.1) is 0 Å². The van der Waals surface area contributed by atoms with E-state index >= 15 is 0 Å². The normalized spacial score (nSPS) is 29.2. The molecule has 1 saturated heterocycles. The van der Waals surface area contributed by atoms with Crippen molar-refractivity contribution >= 4 is 0 Å². The zero-order valence-electron chi connectivity index (χ0n) is 11.6. The van der Waals surface area contributed by atoms with Crippen molar-refractivity contribution in [1.82, 2.24) is 10.2 Å². The van der Waals surface area contributed by atoms with Crippen LogP contribution in [-0.4, -0.2) is 36.6 Å². The van der Waals surface area contributed by atoms with E-state index in [1.165, 1.54) is 45.1 Å². The van der Waals surface area contributed by atoms with Crippen LogP contribution in [0.25, 0.3) is 0 Å². The quantitative estimate of drug-likeness (QED) is 0.749. The number of rotatable bonds is 6. The number of nitrogens with zero attached hydrogens (tertiary/aromatic N) is 1. The molecule has 1 heterocycles. The number of likely N-dealkylation sites (tertiary alicyclic amines) is 1. The van der Waals surface area contributed by atoms with Gasteiger partial charge in [-0.1, -0.05) is 26.7 Å². The monoisotopic (exact) mass is 226 g/mol. The van der Waals surface area contributed by atoms with Crippen molar-refractivity contribution in [2.75, 3.05) is 13.6 Å². The minimum Gasteiger partial charge on any atom is -0.311 e. The molecule has 1 N–H and O–H groups in total. The average Bonchev–Trinajstić information content (AvgIpc) is 2.29. The van der Waals surface area contributed by atoms with Crippen LogP contribution in [-0.2, 0) is 0 Å². The van der Waals surface area contributed by atoms with Gasteiger partial charge in [0, 0.05) is 18.1 Å². The smallest absolute Gasteiger partial charge is 0.00966 e. The number of unbranched alkanes of at least 4 members (excludes halogenated alkanes) is 1. The lowest BCUT2D eigenvalue weighted by Crippen LogP contribution is -2.48. The maximum absolute atomic E-state index is 3.86. The molecule has 0 spiro atoms. The lowest BCUT2D eigenvalue weighted by atomic mass is 9.96. The van der Waals surface area contributed by atoms with Crippen molar-refractivity contribution < 1.29 is 0 Å². The average molecular weight is 226 g/mol. The van der Waals surface area contributed by atoms with Crippen LogP contribution in [0.15, 0.2) is 0 Å². The predicted octanol–water partition coefficient (Wildman–Crippen LogP) is 3.03. The highest BCUT2D eigenvalue weighted by atomic mass is 15.1. The van der Waals surface area contributed by atoms with Crippen molar-refractivity contribution in [1.29, 1.82) is 0 Å². The van der Waals surface area contributed by atoms with E-state index in [4.69, 9.17) is 0 Å². The van der Waals surface area contributed by atoms with Crippen LogP contribution in [0.3, 0.4) is 0 Å². The van der Waals surface area contributed by atoms with Crippen LogP contribution in [0.4, 0.5) is 0 Å². The van der Waals surface area contributed by atoms with Crippen LogP contribution < -0.4 is 5.32 Å². The summed E-state index contributed by atoms with van der Waals surface area (Å²) in [5, 5.41) is 3.86. The summed E-state index contributed by atoms with van der Waals surface area (Å²) in [4.78, 5) is 2.48. The first-order valence-electron chi connectivity index (χ1n) is 7.13.